The van der Waals surface area contributed by atoms with Gasteiger partial charge in [-0.1, -0.05) is 54.2 Å². The largest absolute Gasteiger partial charge is 0.355 e. The van der Waals surface area contributed by atoms with Gasteiger partial charge in [0.1, 0.15) is 0 Å². The average Bonchev–Trinajstić information content (AvgIpc) is 2.52. The lowest BCUT2D eigenvalue weighted by Crippen LogP contribution is -1.91. The highest BCUT2D eigenvalue weighted by Gasteiger charge is 2.06. The van der Waals surface area contributed by atoms with E-state index in [2.05, 4.69) is 75.8 Å². The molecule has 0 saturated carbocycles. The standard InChI is InChI=1S/C18H14BrNS/c19-15-10-4-6-12-17(15)21-18-13-7-5-11-16(18)20-14-8-2-1-3-9-14/h1-13,20H. The molecule has 0 amide bonds. The van der Waals surface area contributed by atoms with E-state index in [0.717, 1.165) is 15.8 Å². The molecule has 0 radical (unpaired) electrons. The molecule has 0 saturated heterocycles. The summed E-state index contributed by atoms with van der Waals surface area (Å²) in [5.41, 5.74) is 2.21. The number of para-hydroxylation sites is 2. The summed E-state index contributed by atoms with van der Waals surface area (Å²) in [6.45, 7) is 0. The molecule has 0 spiro atoms. The Morgan fingerprint density at radius 1 is 0.667 bits per heavy atom. The lowest BCUT2D eigenvalue weighted by atomic mass is 10.3. The van der Waals surface area contributed by atoms with Crippen LogP contribution in [0.5, 0.6) is 0 Å². The predicted octanol–water partition coefficient (Wildman–Crippen LogP) is 6.34. The van der Waals surface area contributed by atoms with Crippen molar-refractivity contribution >= 4 is 39.1 Å². The third-order valence-electron chi connectivity index (χ3n) is 3.00. The summed E-state index contributed by atoms with van der Waals surface area (Å²) in [6.07, 6.45) is 0. The number of anilines is 2. The van der Waals surface area contributed by atoms with Crippen LogP contribution in [-0.4, -0.2) is 0 Å². The predicted molar refractivity (Wildman–Crippen MR) is 94.4 cm³/mol. The number of hydrogen-bond donors (Lipinski definition) is 1. The van der Waals surface area contributed by atoms with E-state index in [1.165, 1.54) is 9.79 Å². The quantitative estimate of drug-likeness (QED) is 0.585. The van der Waals surface area contributed by atoms with Crippen LogP contribution in [0, 0.1) is 0 Å². The van der Waals surface area contributed by atoms with Crippen molar-refractivity contribution < 1.29 is 0 Å². The fourth-order valence-electron chi connectivity index (χ4n) is 1.98. The SMILES string of the molecule is Brc1ccccc1Sc1ccccc1Nc1ccccc1. The number of rotatable bonds is 4. The van der Waals surface area contributed by atoms with Gasteiger partial charge in [-0.25, -0.2) is 0 Å². The van der Waals surface area contributed by atoms with Gasteiger partial charge in [-0.2, -0.15) is 0 Å². The van der Waals surface area contributed by atoms with Crippen molar-refractivity contribution in [1.29, 1.82) is 0 Å². The summed E-state index contributed by atoms with van der Waals surface area (Å²) in [5.74, 6) is 0. The fraction of sp³-hybridized carbons (Fsp3) is 0. The maximum absolute atomic E-state index is 3.60. The molecule has 3 heteroatoms. The molecule has 0 fully saturated rings. The van der Waals surface area contributed by atoms with Crippen LogP contribution >= 0.6 is 27.7 Å². The van der Waals surface area contributed by atoms with Crippen molar-refractivity contribution in [3.63, 3.8) is 0 Å². The van der Waals surface area contributed by atoms with Crippen LogP contribution in [0.1, 0.15) is 0 Å². The Morgan fingerprint density at radius 3 is 2.05 bits per heavy atom. The summed E-state index contributed by atoms with van der Waals surface area (Å²) in [6, 6.07) is 26.9. The van der Waals surface area contributed by atoms with E-state index in [4.69, 9.17) is 0 Å². The molecule has 0 heterocycles. The molecule has 0 unspecified atom stereocenters. The molecule has 0 aliphatic rings. The normalized spacial score (nSPS) is 10.3. The molecule has 0 aliphatic heterocycles. The van der Waals surface area contributed by atoms with E-state index in [1.54, 1.807) is 11.8 Å². The second kappa shape index (κ2) is 6.83. The van der Waals surface area contributed by atoms with Crippen LogP contribution in [-0.2, 0) is 0 Å². The van der Waals surface area contributed by atoms with Crippen molar-refractivity contribution in [2.45, 2.75) is 9.79 Å². The Labute approximate surface area is 137 Å². The van der Waals surface area contributed by atoms with Crippen molar-refractivity contribution in [2.75, 3.05) is 5.32 Å². The van der Waals surface area contributed by atoms with E-state index in [1.807, 2.05) is 24.3 Å². The molecule has 3 aromatic rings. The van der Waals surface area contributed by atoms with Crippen LogP contribution in [0.3, 0.4) is 0 Å². The first-order valence-corrected chi connectivity index (χ1v) is 8.27. The topological polar surface area (TPSA) is 12.0 Å². The van der Waals surface area contributed by atoms with Crippen LogP contribution in [0.2, 0.25) is 0 Å². The zero-order valence-electron chi connectivity index (χ0n) is 11.3. The lowest BCUT2D eigenvalue weighted by Gasteiger charge is -2.12. The fourth-order valence-corrected chi connectivity index (χ4v) is 3.43. The van der Waals surface area contributed by atoms with Crippen LogP contribution in [0.25, 0.3) is 0 Å². The van der Waals surface area contributed by atoms with Gasteiger partial charge in [0.2, 0.25) is 0 Å². The Bertz CT molecular complexity index is 728. The van der Waals surface area contributed by atoms with E-state index < -0.39 is 0 Å². The van der Waals surface area contributed by atoms with Crippen molar-refractivity contribution in [1.82, 2.24) is 0 Å². The number of hydrogen-bond acceptors (Lipinski definition) is 2. The minimum absolute atomic E-state index is 1.10. The van der Waals surface area contributed by atoms with E-state index >= 15 is 0 Å². The molecule has 104 valence electrons. The van der Waals surface area contributed by atoms with Gasteiger partial charge < -0.3 is 5.32 Å². The van der Waals surface area contributed by atoms with Crippen molar-refractivity contribution in [2.24, 2.45) is 0 Å². The van der Waals surface area contributed by atoms with Gasteiger partial charge >= 0.3 is 0 Å². The third kappa shape index (κ3) is 3.69. The lowest BCUT2D eigenvalue weighted by molar-refractivity contribution is 1.36. The minimum Gasteiger partial charge on any atom is -0.355 e. The molecule has 0 aromatic heterocycles. The summed E-state index contributed by atoms with van der Waals surface area (Å²) >= 11 is 5.35. The second-order valence-corrected chi connectivity index (χ2v) is 6.46. The molecule has 3 aromatic carbocycles. The highest BCUT2D eigenvalue weighted by atomic mass is 79.9. The highest BCUT2D eigenvalue weighted by molar-refractivity contribution is 9.10. The Kier molecular flexibility index (Phi) is 4.63. The number of halogens is 1. The monoisotopic (exact) mass is 355 g/mol. The van der Waals surface area contributed by atoms with Gasteiger partial charge in [0.15, 0.2) is 0 Å². The minimum atomic E-state index is 1.10. The van der Waals surface area contributed by atoms with Crippen molar-refractivity contribution in [3.05, 3.63) is 83.3 Å². The molecule has 0 bridgehead atoms. The maximum Gasteiger partial charge on any atom is 0.0526 e. The zero-order valence-corrected chi connectivity index (χ0v) is 13.7. The summed E-state index contributed by atoms with van der Waals surface area (Å²) in [5, 5.41) is 3.48. The zero-order chi connectivity index (χ0) is 14.5. The van der Waals surface area contributed by atoms with Gasteiger partial charge in [0.25, 0.3) is 0 Å². The summed E-state index contributed by atoms with van der Waals surface area (Å²) < 4.78 is 1.12. The molecule has 0 aliphatic carbocycles. The van der Waals surface area contributed by atoms with Gasteiger partial charge in [0.05, 0.1) is 5.69 Å². The maximum atomic E-state index is 3.60. The van der Waals surface area contributed by atoms with E-state index in [-0.39, 0.29) is 0 Å². The molecule has 1 nitrogen and oxygen atoms in total. The smallest absolute Gasteiger partial charge is 0.0526 e. The van der Waals surface area contributed by atoms with E-state index in [0.29, 0.717) is 0 Å². The average molecular weight is 356 g/mol. The molecule has 1 N–H and O–H groups in total. The molecule has 21 heavy (non-hydrogen) atoms. The molecular weight excluding hydrogens is 342 g/mol. The van der Waals surface area contributed by atoms with Crippen LogP contribution < -0.4 is 5.32 Å². The summed E-state index contributed by atoms with van der Waals surface area (Å²) in [7, 11) is 0. The Morgan fingerprint density at radius 2 is 1.29 bits per heavy atom. The Balaban J connectivity index is 1.88. The highest BCUT2D eigenvalue weighted by Crippen LogP contribution is 2.37. The van der Waals surface area contributed by atoms with Crippen molar-refractivity contribution in [3.8, 4) is 0 Å². The molecular formula is C18H14BrNS. The summed E-state index contributed by atoms with van der Waals surface area (Å²) in [4.78, 5) is 2.41. The van der Waals surface area contributed by atoms with Gasteiger partial charge in [-0.15, -0.1) is 0 Å². The van der Waals surface area contributed by atoms with Gasteiger partial charge in [-0.3, -0.25) is 0 Å². The molecule has 3 rings (SSSR count). The molecule has 0 atom stereocenters. The first-order valence-electron chi connectivity index (χ1n) is 6.66. The first-order chi connectivity index (χ1) is 10.3. The van der Waals surface area contributed by atoms with Crippen LogP contribution in [0.15, 0.2) is 93.1 Å². The van der Waals surface area contributed by atoms with E-state index in [9.17, 15) is 0 Å². The third-order valence-corrected chi connectivity index (χ3v) is 5.10. The first kappa shape index (κ1) is 14.2. The number of nitrogens with one attached hydrogen (secondary N) is 1. The number of benzene rings is 3. The van der Waals surface area contributed by atoms with Gasteiger partial charge in [0, 0.05) is 20.0 Å². The van der Waals surface area contributed by atoms with Crippen LogP contribution in [0.4, 0.5) is 11.4 Å². The second-order valence-electron chi connectivity index (χ2n) is 4.52. The van der Waals surface area contributed by atoms with Gasteiger partial charge in [-0.05, 0) is 52.3 Å². The Hall–Kier alpha value is -1.71.